The summed E-state index contributed by atoms with van der Waals surface area (Å²) in [5, 5.41) is 20.2. The zero-order chi connectivity index (χ0) is 21.7. The van der Waals surface area contributed by atoms with Crippen molar-refractivity contribution in [1.29, 1.82) is 0 Å². The summed E-state index contributed by atoms with van der Waals surface area (Å²) in [4.78, 5) is 23.3. The smallest absolute Gasteiger partial charge is 0.328 e. The van der Waals surface area contributed by atoms with Crippen LogP contribution in [0.1, 0.15) is 36.8 Å². The van der Waals surface area contributed by atoms with E-state index >= 15 is 0 Å². The van der Waals surface area contributed by atoms with Crippen LogP contribution in [0.4, 0.5) is 0 Å². The van der Waals surface area contributed by atoms with Gasteiger partial charge < -0.3 is 10.2 Å². The van der Waals surface area contributed by atoms with Crippen LogP contribution in [-0.2, 0) is 9.59 Å². The van der Waals surface area contributed by atoms with Crippen molar-refractivity contribution in [3.05, 3.63) is 81.9 Å². The molecule has 0 saturated heterocycles. The molecule has 0 amide bonds. The molecule has 6 heteroatoms. The number of hydrogen-bond acceptors (Lipinski definition) is 2. The molecule has 2 aromatic rings. The summed E-state index contributed by atoms with van der Waals surface area (Å²) >= 11 is 12.0. The number of carboxylic acid groups (broad SMARTS) is 2. The molecule has 1 aliphatic carbocycles. The zero-order valence-corrected chi connectivity index (χ0v) is 17.7. The first kappa shape index (κ1) is 22.1. The average molecular weight is 445 g/mol. The van der Waals surface area contributed by atoms with Gasteiger partial charge in [-0.15, -0.1) is 0 Å². The Labute approximate surface area is 185 Å². The van der Waals surface area contributed by atoms with Crippen molar-refractivity contribution in [2.24, 2.45) is 11.8 Å². The van der Waals surface area contributed by atoms with E-state index in [9.17, 15) is 19.8 Å². The maximum absolute atomic E-state index is 11.6. The molecule has 0 radical (unpaired) electrons. The fourth-order valence-electron chi connectivity index (χ4n) is 4.23. The second kappa shape index (κ2) is 9.96. The van der Waals surface area contributed by atoms with Crippen molar-refractivity contribution in [2.75, 3.05) is 0 Å². The molecule has 1 aliphatic rings. The predicted octanol–water partition coefficient (Wildman–Crippen LogP) is 6.44. The third-order valence-electron chi connectivity index (χ3n) is 5.48. The number of halogens is 2. The molecule has 0 spiro atoms. The molecule has 30 heavy (non-hydrogen) atoms. The van der Waals surface area contributed by atoms with Crippen LogP contribution in [-0.4, -0.2) is 22.2 Å². The van der Waals surface area contributed by atoms with E-state index in [1.165, 1.54) is 12.2 Å². The van der Waals surface area contributed by atoms with Crippen molar-refractivity contribution in [3.8, 4) is 0 Å². The molecule has 2 aromatic carbocycles. The molecular weight excluding hydrogens is 423 g/mol. The largest absolute Gasteiger partial charge is 0.478 e. The van der Waals surface area contributed by atoms with E-state index in [0.717, 1.165) is 36.8 Å². The Hall–Kier alpha value is -2.56. The second-order valence-electron chi connectivity index (χ2n) is 7.39. The summed E-state index contributed by atoms with van der Waals surface area (Å²) in [6.07, 6.45) is 5.94. The highest BCUT2D eigenvalue weighted by Crippen LogP contribution is 2.46. The Bertz CT molecular complexity index is 894. The standard InChI is InChI=1S/C24H22Cl2O4/c25-17-9-5-15(6-10-17)21(13-23(27)28)19-3-1-2-4-20(19)22(14-24(29)30)16-7-11-18(26)12-8-16/h5-14,19-20H,1-4H2,(H,27,28)(H,29,30)/b21-13-,22-14?/t19-,20-/m0/s1. The van der Waals surface area contributed by atoms with E-state index in [4.69, 9.17) is 23.2 Å². The van der Waals surface area contributed by atoms with Gasteiger partial charge >= 0.3 is 11.9 Å². The lowest BCUT2D eigenvalue weighted by Gasteiger charge is -2.35. The minimum absolute atomic E-state index is 0.127. The highest BCUT2D eigenvalue weighted by molar-refractivity contribution is 6.30. The molecule has 156 valence electrons. The Kier molecular flexibility index (Phi) is 7.35. The molecule has 2 atom stereocenters. The molecule has 1 saturated carbocycles. The lowest BCUT2D eigenvalue weighted by molar-refractivity contribution is -0.132. The second-order valence-corrected chi connectivity index (χ2v) is 8.26. The molecule has 0 bridgehead atoms. The number of carboxylic acids is 2. The first-order valence-electron chi connectivity index (χ1n) is 9.76. The lowest BCUT2D eigenvalue weighted by Crippen LogP contribution is -2.23. The molecule has 0 heterocycles. The van der Waals surface area contributed by atoms with E-state index < -0.39 is 11.9 Å². The topological polar surface area (TPSA) is 74.6 Å². The summed E-state index contributed by atoms with van der Waals surface area (Å²) in [5.41, 5.74) is 2.94. The summed E-state index contributed by atoms with van der Waals surface area (Å²) in [6.45, 7) is 0. The number of allylic oxidation sites excluding steroid dienone is 2. The van der Waals surface area contributed by atoms with Crippen LogP contribution in [0.25, 0.3) is 11.1 Å². The van der Waals surface area contributed by atoms with Crippen molar-refractivity contribution in [1.82, 2.24) is 0 Å². The third kappa shape index (κ3) is 5.53. The van der Waals surface area contributed by atoms with Crippen LogP contribution in [0.5, 0.6) is 0 Å². The van der Waals surface area contributed by atoms with Crippen molar-refractivity contribution < 1.29 is 19.8 Å². The average Bonchev–Trinajstić information content (AvgIpc) is 2.72. The number of hydrogen-bond donors (Lipinski definition) is 2. The first-order chi connectivity index (χ1) is 14.3. The van der Waals surface area contributed by atoms with Crippen LogP contribution in [0.3, 0.4) is 0 Å². The van der Waals surface area contributed by atoms with E-state index in [1.54, 1.807) is 24.3 Å². The molecule has 3 rings (SSSR count). The van der Waals surface area contributed by atoms with Gasteiger partial charge in [-0.05, 0) is 71.2 Å². The fraction of sp³-hybridized carbons (Fsp3) is 0.250. The van der Waals surface area contributed by atoms with E-state index in [1.807, 2.05) is 24.3 Å². The van der Waals surface area contributed by atoms with Crippen LogP contribution in [0, 0.1) is 11.8 Å². The lowest BCUT2D eigenvalue weighted by atomic mass is 9.69. The van der Waals surface area contributed by atoms with Gasteiger partial charge in [0.2, 0.25) is 0 Å². The van der Waals surface area contributed by atoms with Crippen molar-refractivity contribution in [3.63, 3.8) is 0 Å². The summed E-state index contributed by atoms with van der Waals surface area (Å²) in [5.74, 6) is -2.31. The molecule has 0 aromatic heterocycles. The number of benzene rings is 2. The Balaban J connectivity index is 2.10. The Morgan fingerprint density at radius 3 is 1.33 bits per heavy atom. The van der Waals surface area contributed by atoms with Gasteiger partial charge in [-0.2, -0.15) is 0 Å². The molecular formula is C24H22Cl2O4. The van der Waals surface area contributed by atoms with Crippen LogP contribution in [0.2, 0.25) is 10.0 Å². The van der Waals surface area contributed by atoms with Gasteiger partial charge in [-0.3, -0.25) is 0 Å². The summed E-state index contributed by atoms with van der Waals surface area (Å²) in [6, 6.07) is 14.2. The molecule has 0 aliphatic heterocycles. The van der Waals surface area contributed by atoms with E-state index in [2.05, 4.69) is 0 Å². The SMILES string of the molecule is O=C(O)C=C(c1ccc(Cl)cc1)[C@H]1CCCC[C@@H]1/C(=C\C(=O)O)c1ccc(Cl)cc1. The van der Waals surface area contributed by atoms with Crippen LogP contribution < -0.4 is 0 Å². The third-order valence-corrected chi connectivity index (χ3v) is 5.98. The quantitative estimate of drug-likeness (QED) is 0.502. The van der Waals surface area contributed by atoms with Gasteiger partial charge in [-0.25, -0.2) is 9.59 Å². The van der Waals surface area contributed by atoms with Gasteiger partial charge in [0, 0.05) is 22.2 Å². The molecule has 1 fully saturated rings. The number of aliphatic carboxylic acids is 2. The van der Waals surface area contributed by atoms with Gasteiger partial charge in [0.15, 0.2) is 0 Å². The highest BCUT2D eigenvalue weighted by atomic mass is 35.5. The predicted molar refractivity (Wildman–Crippen MR) is 120 cm³/mol. The van der Waals surface area contributed by atoms with Gasteiger partial charge in [0.25, 0.3) is 0 Å². The molecule has 4 nitrogen and oxygen atoms in total. The minimum Gasteiger partial charge on any atom is -0.478 e. The normalized spacial score (nSPS) is 20.1. The summed E-state index contributed by atoms with van der Waals surface area (Å²) < 4.78 is 0. The first-order valence-corrected chi connectivity index (χ1v) is 10.5. The maximum Gasteiger partial charge on any atom is 0.328 e. The Morgan fingerprint density at radius 2 is 1.03 bits per heavy atom. The minimum atomic E-state index is -1.03. The van der Waals surface area contributed by atoms with Gasteiger partial charge in [0.1, 0.15) is 0 Å². The van der Waals surface area contributed by atoms with Crippen LogP contribution in [0.15, 0.2) is 60.7 Å². The van der Waals surface area contributed by atoms with E-state index in [0.29, 0.717) is 21.2 Å². The summed E-state index contributed by atoms with van der Waals surface area (Å²) in [7, 11) is 0. The molecule has 2 N–H and O–H groups in total. The maximum atomic E-state index is 11.6. The monoisotopic (exact) mass is 444 g/mol. The van der Waals surface area contributed by atoms with Crippen LogP contribution >= 0.6 is 23.2 Å². The number of rotatable bonds is 6. The van der Waals surface area contributed by atoms with Gasteiger partial charge in [0.05, 0.1) is 0 Å². The Morgan fingerprint density at radius 1 is 0.700 bits per heavy atom. The highest BCUT2D eigenvalue weighted by Gasteiger charge is 2.32. The van der Waals surface area contributed by atoms with E-state index in [-0.39, 0.29) is 11.8 Å². The number of carbonyl (C=O) groups is 2. The zero-order valence-electron chi connectivity index (χ0n) is 16.2. The molecule has 0 unspecified atom stereocenters. The fourth-order valence-corrected chi connectivity index (χ4v) is 4.49. The van der Waals surface area contributed by atoms with Crippen molar-refractivity contribution in [2.45, 2.75) is 25.7 Å². The van der Waals surface area contributed by atoms with Crippen molar-refractivity contribution >= 4 is 46.3 Å². The van der Waals surface area contributed by atoms with Gasteiger partial charge in [-0.1, -0.05) is 60.3 Å².